The Labute approximate surface area is 102 Å². The van der Waals surface area contributed by atoms with Gasteiger partial charge in [0.05, 0.1) is 27.7 Å². The van der Waals surface area contributed by atoms with Gasteiger partial charge in [0.15, 0.2) is 0 Å². The maximum Gasteiger partial charge on any atom is 0.119 e. The van der Waals surface area contributed by atoms with Gasteiger partial charge in [0.1, 0.15) is 12.3 Å². The number of fused-ring (bicyclic) bond motifs is 3. The molecule has 1 N–H and O–H groups in total. The molecule has 1 aliphatic rings. The summed E-state index contributed by atoms with van der Waals surface area (Å²) >= 11 is 0. The highest BCUT2D eigenvalue weighted by Crippen LogP contribution is 2.31. The lowest BCUT2D eigenvalue weighted by atomic mass is 10.0. The van der Waals surface area contributed by atoms with E-state index in [-0.39, 0.29) is 0 Å². The zero-order chi connectivity index (χ0) is 12.0. The van der Waals surface area contributed by atoms with Crippen molar-refractivity contribution in [3.8, 4) is 5.75 Å². The number of aromatic amines is 1. The lowest BCUT2D eigenvalue weighted by Crippen LogP contribution is -2.43. The van der Waals surface area contributed by atoms with E-state index in [9.17, 15) is 0 Å². The standard InChI is InChI=1S/C14H19N2O/c1-16(2)7-6-14-12(9-16)11-8-10(17-3)4-5-13(11)15-14/h4-5,8,15H,6-7,9H2,1-3H3/q+1. The molecular weight excluding hydrogens is 212 g/mol. The Bertz CT molecular complexity index is 569. The Kier molecular flexibility index (Phi) is 2.20. The maximum atomic E-state index is 5.32. The Hall–Kier alpha value is -1.48. The molecule has 90 valence electrons. The summed E-state index contributed by atoms with van der Waals surface area (Å²) in [7, 11) is 6.31. The molecule has 0 bridgehead atoms. The summed E-state index contributed by atoms with van der Waals surface area (Å²) in [6.07, 6.45) is 1.14. The van der Waals surface area contributed by atoms with Gasteiger partial charge in [0.2, 0.25) is 0 Å². The number of ether oxygens (including phenoxy) is 1. The minimum Gasteiger partial charge on any atom is -0.497 e. The van der Waals surface area contributed by atoms with E-state index >= 15 is 0 Å². The van der Waals surface area contributed by atoms with Gasteiger partial charge < -0.3 is 14.2 Å². The van der Waals surface area contributed by atoms with Crippen molar-refractivity contribution in [2.75, 3.05) is 27.7 Å². The Balaban J connectivity index is 2.19. The summed E-state index contributed by atoms with van der Waals surface area (Å²) in [6, 6.07) is 6.28. The molecule has 0 saturated heterocycles. The summed E-state index contributed by atoms with van der Waals surface area (Å²) in [5.41, 5.74) is 4.11. The van der Waals surface area contributed by atoms with Gasteiger partial charge in [-0.1, -0.05) is 0 Å². The van der Waals surface area contributed by atoms with Gasteiger partial charge in [-0.25, -0.2) is 0 Å². The lowest BCUT2D eigenvalue weighted by molar-refractivity contribution is -0.905. The van der Waals surface area contributed by atoms with Crippen molar-refractivity contribution in [3.05, 3.63) is 29.5 Å². The fourth-order valence-electron chi connectivity index (χ4n) is 2.73. The monoisotopic (exact) mass is 231 g/mol. The molecule has 0 saturated carbocycles. The molecule has 17 heavy (non-hydrogen) atoms. The van der Waals surface area contributed by atoms with Crippen LogP contribution in [0.25, 0.3) is 10.9 Å². The second kappa shape index (κ2) is 3.50. The van der Waals surface area contributed by atoms with Crippen LogP contribution in [0.3, 0.4) is 0 Å². The fraction of sp³-hybridized carbons (Fsp3) is 0.429. The van der Waals surface area contributed by atoms with E-state index in [2.05, 4.69) is 31.2 Å². The van der Waals surface area contributed by atoms with E-state index in [0.29, 0.717) is 0 Å². The molecule has 2 heterocycles. The number of benzene rings is 1. The highest BCUT2D eigenvalue weighted by Gasteiger charge is 2.27. The van der Waals surface area contributed by atoms with Crippen molar-refractivity contribution in [2.24, 2.45) is 0 Å². The molecule has 3 heteroatoms. The quantitative estimate of drug-likeness (QED) is 0.749. The second-order valence-electron chi connectivity index (χ2n) is 5.56. The minimum absolute atomic E-state index is 0.940. The van der Waals surface area contributed by atoms with Crippen molar-refractivity contribution in [2.45, 2.75) is 13.0 Å². The normalized spacial score (nSPS) is 18.1. The van der Waals surface area contributed by atoms with Crippen LogP contribution in [0, 0.1) is 0 Å². The number of H-pyrrole nitrogens is 1. The average molecular weight is 231 g/mol. The number of hydrogen-bond donors (Lipinski definition) is 1. The fourth-order valence-corrected chi connectivity index (χ4v) is 2.73. The third-order valence-electron chi connectivity index (χ3n) is 3.75. The number of aromatic nitrogens is 1. The topological polar surface area (TPSA) is 25.0 Å². The number of methoxy groups -OCH3 is 1. The molecule has 1 aliphatic heterocycles. The van der Waals surface area contributed by atoms with Crippen molar-refractivity contribution in [1.82, 2.24) is 4.98 Å². The van der Waals surface area contributed by atoms with Gasteiger partial charge in [-0.3, -0.25) is 0 Å². The molecular formula is C14H19N2O+. The number of likely N-dealkylation sites (N-methyl/N-ethyl adjacent to an activating group) is 1. The largest absolute Gasteiger partial charge is 0.497 e. The highest BCUT2D eigenvalue weighted by atomic mass is 16.5. The molecule has 0 atom stereocenters. The van der Waals surface area contributed by atoms with E-state index in [1.54, 1.807) is 7.11 Å². The van der Waals surface area contributed by atoms with Crippen molar-refractivity contribution in [1.29, 1.82) is 0 Å². The number of nitrogens with one attached hydrogen (secondary N) is 1. The van der Waals surface area contributed by atoms with Crippen LogP contribution in [0.1, 0.15) is 11.3 Å². The Morgan fingerprint density at radius 1 is 1.29 bits per heavy atom. The molecule has 0 radical (unpaired) electrons. The van der Waals surface area contributed by atoms with Crippen LogP contribution in [-0.2, 0) is 13.0 Å². The van der Waals surface area contributed by atoms with Crippen molar-refractivity contribution >= 4 is 10.9 Å². The Morgan fingerprint density at radius 2 is 2.12 bits per heavy atom. The number of quaternary nitrogens is 1. The SMILES string of the molecule is COc1ccc2[nH]c3c(c2c1)C[N+](C)(C)CC3. The first-order chi connectivity index (χ1) is 8.09. The van der Waals surface area contributed by atoms with Crippen LogP contribution in [0.5, 0.6) is 5.75 Å². The minimum atomic E-state index is 0.940. The molecule has 0 unspecified atom stereocenters. The number of hydrogen-bond acceptors (Lipinski definition) is 1. The Morgan fingerprint density at radius 3 is 2.88 bits per heavy atom. The predicted octanol–water partition coefficient (Wildman–Crippen LogP) is 2.31. The predicted molar refractivity (Wildman–Crippen MR) is 69.2 cm³/mol. The zero-order valence-corrected chi connectivity index (χ0v) is 10.7. The molecule has 0 spiro atoms. The maximum absolute atomic E-state index is 5.32. The van der Waals surface area contributed by atoms with Gasteiger partial charge >= 0.3 is 0 Å². The van der Waals surface area contributed by atoms with Gasteiger partial charge in [0, 0.05) is 28.6 Å². The average Bonchev–Trinajstić information content (AvgIpc) is 2.65. The van der Waals surface area contributed by atoms with E-state index in [1.807, 2.05) is 6.07 Å². The van der Waals surface area contributed by atoms with Crippen LogP contribution in [0.4, 0.5) is 0 Å². The van der Waals surface area contributed by atoms with Crippen LogP contribution in [0.2, 0.25) is 0 Å². The van der Waals surface area contributed by atoms with Gasteiger partial charge in [0.25, 0.3) is 0 Å². The van der Waals surface area contributed by atoms with Crippen LogP contribution in [-0.4, -0.2) is 37.2 Å². The molecule has 2 aromatic rings. The van der Waals surface area contributed by atoms with E-state index < -0.39 is 0 Å². The summed E-state index contributed by atoms with van der Waals surface area (Å²) in [5.74, 6) is 0.940. The van der Waals surface area contributed by atoms with Crippen molar-refractivity contribution in [3.63, 3.8) is 0 Å². The number of nitrogens with zero attached hydrogens (tertiary/aromatic N) is 1. The molecule has 0 aliphatic carbocycles. The second-order valence-corrected chi connectivity index (χ2v) is 5.56. The highest BCUT2D eigenvalue weighted by molar-refractivity contribution is 5.86. The van der Waals surface area contributed by atoms with Gasteiger partial charge in [-0.2, -0.15) is 0 Å². The molecule has 1 aromatic carbocycles. The van der Waals surface area contributed by atoms with Gasteiger partial charge in [-0.05, 0) is 18.2 Å². The summed E-state index contributed by atoms with van der Waals surface area (Å²) in [6.45, 7) is 2.31. The van der Waals surface area contributed by atoms with Crippen LogP contribution >= 0.6 is 0 Å². The zero-order valence-electron chi connectivity index (χ0n) is 10.7. The van der Waals surface area contributed by atoms with E-state index in [1.165, 1.54) is 28.7 Å². The van der Waals surface area contributed by atoms with E-state index in [0.717, 1.165) is 23.2 Å². The third-order valence-corrected chi connectivity index (χ3v) is 3.75. The smallest absolute Gasteiger partial charge is 0.119 e. The lowest BCUT2D eigenvalue weighted by Gasteiger charge is -2.33. The van der Waals surface area contributed by atoms with Crippen LogP contribution in [0.15, 0.2) is 18.2 Å². The molecule has 3 rings (SSSR count). The van der Waals surface area contributed by atoms with Crippen molar-refractivity contribution < 1.29 is 9.22 Å². The van der Waals surface area contributed by atoms with Gasteiger partial charge in [-0.15, -0.1) is 0 Å². The molecule has 3 nitrogen and oxygen atoms in total. The first-order valence-electron chi connectivity index (χ1n) is 6.08. The molecule has 0 amide bonds. The first kappa shape index (κ1) is 10.7. The third kappa shape index (κ3) is 1.71. The summed E-state index contributed by atoms with van der Waals surface area (Å²) in [5, 5.41) is 1.32. The van der Waals surface area contributed by atoms with Crippen LogP contribution < -0.4 is 4.74 Å². The molecule has 0 fully saturated rings. The van der Waals surface area contributed by atoms with E-state index in [4.69, 9.17) is 4.74 Å². The number of rotatable bonds is 1. The first-order valence-corrected chi connectivity index (χ1v) is 6.08. The summed E-state index contributed by atoms with van der Waals surface area (Å²) in [4.78, 5) is 3.54. The molecule has 1 aromatic heterocycles. The summed E-state index contributed by atoms with van der Waals surface area (Å²) < 4.78 is 6.38.